The molecule has 0 aromatic carbocycles. The molecule has 0 radical (unpaired) electrons. The molecule has 0 unspecified atom stereocenters. The maximum Gasteiger partial charge on any atom is 0.120 e. The first-order valence-electron chi connectivity index (χ1n) is 6.63. The summed E-state index contributed by atoms with van der Waals surface area (Å²) in [6.45, 7) is 3.17. The van der Waals surface area contributed by atoms with Crippen molar-refractivity contribution in [3.8, 4) is 0 Å². The molecule has 0 spiro atoms. The first-order valence-corrected chi connectivity index (χ1v) is 6.63. The molecule has 0 atom stereocenters. The second kappa shape index (κ2) is 9.19. The summed E-state index contributed by atoms with van der Waals surface area (Å²) in [4.78, 5) is 9.51. The molecule has 0 aliphatic rings. The van der Waals surface area contributed by atoms with Crippen LogP contribution in [0, 0.1) is 0 Å². The lowest BCUT2D eigenvalue weighted by molar-refractivity contribution is 0.389. The summed E-state index contributed by atoms with van der Waals surface area (Å²) in [5.41, 5.74) is 0. The van der Waals surface area contributed by atoms with E-state index in [0.29, 0.717) is 0 Å². The number of H-pyrrole nitrogens is 1. The minimum absolute atomic E-state index is 0.855. The van der Waals surface area contributed by atoms with Gasteiger partial charge in [0.15, 0.2) is 0 Å². The van der Waals surface area contributed by atoms with Crippen LogP contribution in [0.25, 0.3) is 0 Å². The highest BCUT2D eigenvalue weighted by molar-refractivity contribution is 4.85. The second-order valence-electron chi connectivity index (χ2n) is 4.78. The van der Waals surface area contributed by atoms with E-state index >= 15 is 0 Å². The summed E-state index contributed by atoms with van der Waals surface area (Å²) in [6.07, 6.45) is 10.3. The Hall–Kier alpha value is -0.870. The van der Waals surface area contributed by atoms with Gasteiger partial charge in [-0.05, 0) is 40.0 Å². The fraction of sp³-hybridized carbons (Fsp3) is 0.769. The normalized spacial score (nSPS) is 11.2. The zero-order valence-corrected chi connectivity index (χ0v) is 11.2. The van der Waals surface area contributed by atoms with E-state index in [1.54, 1.807) is 6.20 Å². The summed E-state index contributed by atoms with van der Waals surface area (Å²) >= 11 is 0. The van der Waals surface area contributed by atoms with E-state index in [-0.39, 0.29) is 0 Å². The smallest absolute Gasteiger partial charge is 0.120 e. The van der Waals surface area contributed by atoms with Crippen molar-refractivity contribution in [2.24, 2.45) is 0 Å². The van der Waals surface area contributed by atoms with Crippen molar-refractivity contribution in [3.05, 3.63) is 18.2 Å². The predicted molar refractivity (Wildman–Crippen MR) is 71.9 cm³/mol. The van der Waals surface area contributed by atoms with Crippen LogP contribution in [0.2, 0.25) is 0 Å². The van der Waals surface area contributed by atoms with E-state index in [9.17, 15) is 0 Å². The Morgan fingerprint density at radius 2 is 1.94 bits per heavy atom. The lowest BCUT2D eigenvalue weighted by Crippen LogP contribution is -2.15. The highest BCUT2D eigenvalue weighted by atomic mass is 15.0. The molecule has 1 heterocycles. The highest BCUT2D eigenvalue weighted by Crippen LogP contribution is 2.02. The number of aromatic nitrogens is 2. The van der Waals surface area contributed by atoms with E-state index in [2.05, 4.69) is 34.3 Å². The van der Waals surface area contributed by atoms with Crippen LogP contribution in [-0.2, 0) is 6.54 Å². The molecule has 98 valence electrons. The van der Waals surface area contributed by atoms with Gasteiger partial charge in [0.05, 0.1) is 6.54 Å². The molecule has 0 fully saturated rings. The van der Waals surface area contributed by atoms with E-state index < -0.39 is 0 Å². The Labute approximate surface area is 105 Å². The van der Waals surface area contributed by atoms with Gasteiger partial charge in [-0.3, -0.25) is 0 Å². The molecule has 0 amide bonds. The molecule has 1 aromatic rings. The molecule has 1 aromatic heterocycles. The average Bonchev–Trinajstić information content (AvgIpc) is 2.79. The monoisotopic (exact) mass is 238 g/mol. The highest BCUT2D eigenvalue weighted by Gasteiger charge is 1.94. The van der Waals surface area contributed by atoms with Gasteiger partial charge >= 0.3 is 0 Å². The number of aromatic amines is 1. The Bertz CT molecular complexity index is 256. The van der Waals surface area contributed by atoms with Gasteiger partial charge in [0.2, 0.25) is 0 Å². The van der Waals surface area contributed by atoms with E-state index in [1.165, 1.54) is 38.6 Å². The fourth-order valence-corrected chi connectivity index (χ4v) is 1.81. The number of unbranched alkanes of at least 4 members (excludes halogenated alkanes) is 4. The average molecular weight is 238 g/mol. The molecule has 17 heavy (non-hydrogen) atoms. The van der Waals surface area contributed by atoms with Crippen molar-refractivity contribution in [2.45, 2.75) is 38.6 Å². The third-order valence-corrected chi connectivity index (χ3v) is 2.81. The van der Waals surface area contributed by atoms with Gasteiger partial charge in [-0.15, -0.1) is 0 Å². The molecule has 2 N–H and O–H groups in total. The fourth-order valence-electron chi connectivity index (χ4n) is 1.81. The summed E-state index contributed by atoms with van der Waals surface area (Å²) in [5.74, 6) is 1.02. The quantitative estimate of drug-likeness (QED) is 0.613. The van der Waals surface area contributed by atoms with Crippen LogP contribution < -0.4 is 5.32 Å². The number of rotatable bonds is 10. The zero-order valence-electron chi connectivity index (χ0n) is 11.2. The number of hydrogen-bond acceptors (Lipinski definition) is 3. The summed E-state index contributed by atoms with van der Waals surface area (Å²) in [7, 11) is 4.27. The third kappa shape index (κ3) is 7.94. The minimum Gasteiger partial charge on any atom is -0.348 e. The van der Waals surface area contributed by atoms with Gasteiger partial charge in [0.25, 0.3) is 0 Å². The first-order chi connectivity index (χ1) is 8.29. The number of nitrogens with zero attached hydrogens (tertiary/aromatic N) is 2. The van der Waals surface area contributed by atoms with Crippen molar-refractivity contribution < 1.29 is 0 Å². The zero-order chi connectivity index (χ0) is 12.3. The third-order valence-electron chi connectivity index (χ3n) is 2.81. The van der Waals surface area contributed by atoms with Crippen LogP contribution in [0.3, 0.4) is 0 Å². The Kier molecular flexibility index (Phi) is 7.67. The Morgan fingerprint density at radius 3 is 2.65 bits per heavy atom. The Morgan fingerprint density at radius 1 is 1.18 bits per heavy atom. The lowest BCUT2D eigenvalue weighted by Gasteiger charge is -2.08. The van der Waals surface area contributed by atoms with Crippen molar-refractivity contribution in [1.29, 1.82) is 0 Å². The maximum absolute atomic E-state index is 4.17. The standard InChI is InChI=1S/C13H26N4/c1-17(2)11-7-5-3-4-6-8-14-12-13-15-9-10-16-13/h9-10,14H,3-8,11-12H2,1-2H3,(H,15,16). The summed E-state index contributed by atoms with van der Waals surface area (Å²) in [6, 6.07) is 0. The van der Waals surface area contributed by atoms with Gasteiger partial charge in [-0.25, -0.2) is 4.98 Å². The SMILES string of the molecule is CN(C)CCCCCCCNCc1ncc[nH]1. The van der Waals surface area contributed by atoms with E-state index in [0.717, 1.165) is 18.9 Å². The van der Waals surface area contributed by atoms with Crippen molar-refractivity contribution in [3.63, 3.8) is 0 Å². The number of nitrogens with one attached hydrogen (secondary N) is 2. The number of imidazole rings is 1. The van der Waals surface area contributed by atoms with Gasteiger partial charge in [0, 0.05) is 12.4 Å². The molecule has 0 bridgehead atoms. The topological polar surface area (TPSA) is 44.0 Å². The van der Waals surface area contributed by atoms with Crippen molar-refractivity contribution in [1.82, 2.24) is 20.2 Å². The predicted octanol–water partition coefficient (Wildman–Crippen LogP) is 2.01. The first kappa shape index (κ1) is 14.2. The number of hydrogen-bond donors (Lipinski definition) is 2. The van der Waals surface area contributed by atoms with Crippen molar-refractivity contribution >= 4 is 0 Å². The summed E-state index contributed by atoms with van der Waals surface area (Å²) in [5, 5.41) is 3.39. The van der Waals surface area contributed by atoms with Crippen LogP contribution in [0.5, 0.6) is 0 Å². The minimum atomic E-state index is 0.855. The molecule has 1 rings (SSSR count). The molecule has 0 saturated carbocycles. The van der Waals surface area contributed by atoms with Gasteiger partial charge < -0.3 is 15.2 Å². The molecule has 0 aliphatic carbocycles. The largest absolute Gasteiger partial charge is 0.348 e. The van der Waals surface area contributed by atoms with Crippen LogP contribution in [-0.4, -0.2) is 42.1 Å². The summed E-state index contributed by atoms with van der Waals surface area (Å²) < 4.78 is 0. The molecule has 4 heteroatoms. The maximum atomic E-state index is 4.17. The molecule has 0 aliphatic heterocycles. The molecular formula is C13H26N4. The van der Waals surface area contributed by atoms with Crippen LogP contribution in [0.1, 0.15) is 37.9 Å². The van der Waals surface area contributed by atoms with Crippen LogP contribution in [0.15, 0.2) is 12.4 Å². The van der Waals surface area contributed by atoms with Gasteiger partial charge in [-0.1, -0.05) is 19.3 Å². The van der Waals surface area contributed by atoms with E-state index in [1.807, 2.05) is 6.20 Å². The van der Waals surface area contributed by atoms with Crippen LogP contribution in [0.4, 0.5) is 0 Å². The van der Waals surface area contributed by atoms with Crippen molar-refractivity contribution in [2.75, 3.05) is 27.2 Å². The lowest BCUT2D eigenvalue weighted by atomic mass is 10.1. The van der Waals surface area contributed by atoms with Gasteiger partial charge in [0.1, 0.15) is 5.82 Å². The van der Waals surface area contributed by atoms with E-state index in [4.69, 9.17) is 0 Å². The van der Waals surface area contributed by atoms with Gasteiger partial charge in [-0.2, -0.15) is 0 Å². The molecular weight excluding hydrogens is 212 g/mol. The molecule has 0 saturated heterocycles. The molecule has 4 nitrogen and oxygen atoms in total. The second-order valence-corrected chi connectivity index (χ2v) is 4.78. The Balaban J connectivity index is 1.79. The van der Waals surface area contributed by atoms with Crippen LogP contribution >= 0.6 is 0 Å².